The van der Waals surface area contributed by atoms with Crippen LogP contribution in [-0.4, -0.2) is 80.4 Å². The Labute approximate surface area is 146 Å². The predicted octanol–water partition coefficient (Wildman–Crippen LogP) is 0.232. The van der Waals surface area contributed by atoms with Crippen molar-refractivity contribution in [3.05, 3.63) is 23.7 Å². The molecule has 0 aliphatic carbocycles. The summed E-state index contributed by atoms with van der Waals surface area (Å²) in [5, 5.41) is -0.599. The number of ether oxygens (including phenoxy) is 2. The molecule has 3 aliphatic heterocycles. The number of morpholine rings is 1. The van der Waals surface area contributed by atoms with Crippen LogP contribution >= 0.6 is 0 Å². The Hall–Kier alpha value is -1.42. The van der Waals surface area contributed by atoms with Crippen molar-refractivity contribution in [2.24, 2.45) is 0 Å². The van der Waals surface area contributed by atoms with Crippen LogP contribution in [0.3, 0.4) is 0 Å². The first-order valence-electron chi connectivity index (χ1n) is 8.37. The average molecular weight is 370 g/mol. The number of carbonyl (C=O) groups excluding carboxylic acids is 1. The zero-order chi connectivity index (χ0) is 17.8. The van der Waals surface area contributed by atoms with Gasteiger partial charge < -0.3 is 18.8 Å². The lowest BCUT2D eigenvalue weighted by molar-refractivity contribution is -0.0985. The highest BCUT2D eigenvalue weighted by molar-refractivity contribution is 7.90. The van der Waals surface area contributed by atoms with Gasteiger partial charge in [-0.05, 0) is 25.5 Å². The topological polar surface area (TPSA) is 89.3 Å². The monoisotopic (exact) mass is 370 g/mol. The molecular formula is C16H22N2O6S. The van der Waals surface area contributed by atoms with Crippen LogP contribution in [0, 0.1) is 6.92 Å². The van der Waals surface area contributed by atoms with Gasteiger partial charge in [0.1, 0.15) is 16.6 Å². The summed E-state index contributed by atoms with van der Waals surface area (Å²) < 4.78 is 43.6. The van der Waals surface area contributed by atoms with Crippen LogP contribution in [0.1, 0.15) is 22.7 Å². The van der Waals surface area contributed by atoms with Crippen LogP contribution in [0.15, 0.2) is 16.5 Å². The number of methoxy groups -OCH3 is 1. The standard InChI is InChI=1S/C16H22N2O6S/c1-11-3-4-13(23-11)15(19)17-8-12-7-14-16(9-17,24-12)10-18(5-6-22-2)25(14,20)21/h3-4,12,14H,5-10H2,1-2H3/t12-,14+,16?/m1/s1. The molecule has 138 valence electrons. The number of nitrogens with zero attached hydrogens (tertiary/aromatic N) is 2. The Kier molecular flexibility index (Phi) is 3.95. The molecule has 3 atom stereocenters. The lowest BCUT2D eigenvalue weighted by Crippen LogP contribution is -2.56. The van der Waals surface area contributed by atoms with Gasteiger partial charge in [0.05, 0.1) is 19.3 Å². The molecule has 1 aromatic rings. The molecule has 1 amide bonds. The van der Waals surface area contributed by atoms with E-state index in [9.17, 15) is 13.2 Å². The second kappa shape index (κ2) is 5.80. The fraction of sp³-hybridized carbons (Fsp3) is 0.688. The Balaban J connectivity index is 1.58. The van der Waals surface area contributed by atoms with E-state index in [0.29, 0.717) is 31.9 Å². The lowest BCUT2D eigenvalue weighted by Gasteiger charge is -2.39. The first kappa shape index (κ1) is 17.0. The van der Waals surface area contributed by atoms with Crippen LogP contribution in [0.5, 0.6) is 0 Å². The van der Waals surface area contributed by atoms with Crippen molar-refractivity contribution in [3.8, 4) is 0 Å². The molecule has 3 fully saturated rings. The van der Waals surface area contributed by atoms with E-state index in [0.717, 1.165) is 0 Å². The van der Waals surface area contributed by atoms with Gasteiger partial charge in [-0.3, -0.25) is 4.79 Å². The van der Waals surface area contributed by atoms with E-state index in [-0.39, 0.29) is 30.9 Å². The molecule has 3 aliphatic rings. The van der Waals surface area contributed by atoms with E-state index in [2.05, 4.69) is 0 Å². The molecule has 1 unspecified atom stereocenters. The SMILES string of the molecule is COCCN1CC23CN(C(=O)c4ccc(C)o4)C[C@@H](C[C@@H]2S1(=O)=O)O3. The lowest BCUT2D eigenvalue weighted by atomic mass is 9.99. The fourth-order valence-electron chi connectivity index (χ4n) is 4.20. The molecule has 0 radical (unpaired) electrons. The van der Waals surface area contributed by atoms with Gasteiger partial charge in [0.25, 0.3) is 5.91 Å². The quantitative estimate of drug-likeness (QED) is 0.754. The van der Waals surface area contributed by atoms with Crippen LogP contribution in [-0.2, 0) is 19.5 Å². The molecule has 1 spiro atoms. The van der Waals surface area contributed by atoms with Crippen LogP contribution < -0.4 is 0 Å². The molecule has 0 aromatic carbocycles. The third-order valence-corrected chi connectivity index (χ3v) is 7.67. The zero-order valence-corrected chi connectivity index (χ0v) is 15.1. The van der Waals surface area contributed by atoms with Gasteiger partial charge in [0, 0.05) is 26.7 Å². The maximum absolute atomic E-state index is 12.8. The van der Waals surface area contributed by atoms with Gasteiger partial charge in [-0.2, -0.15) is 4.31 Å². The van der Waals surface area contributed by atoms with Crippen molar-refractivity contribution < 1.29 is 27.1 Å². The number of furan rings is 1. The number of amides is 1. The summed E-state index contributed by atoms with van der Waals surface area (Å²) in [5.41, 5.74) is -0.854. The maximum atomic E-state index is 12.8. The van der Waals surface area contributed by atoms with E-state index >= 15 is 0 Å². The van der Waals surface area contributed by atoms with Gasteiger partial charge >= 0.3 is 0 Å². The van der Waals surface area contributed by atoms with Crippen molar-refractivity contribution in [1.29, 1.82) is 0 Å². The molecule has 8 nitrogen and oxygen atoms in total. The molecule has 9 heteroatoms. The molecular weight excluding hydrogens is 348 g/mol. The number of carbonyl (C=O) groups is 1. The average Bonchev–Trinajstić information content (AvgIpc) is 3.16. The molecule has 4 rings (SSSR count). The van der Waals surface area contributed by atoms with E-state index in [4.69, 9.17) is 13.9 Å². The van der Waals surface area contributed by atoms with Gasteiger partial charge in [-0.25, -0.2) is 8.42 Å². The molecule has 3 saturated heterocycles. The van der Waals surface area contributed by atoms with Crippen molar-refractivity contribution in [2.45, 2.75) is 30.3 Å². The van der Waals surface area contributed by atoms with Gasteiger partial charge in [0.15, 0.2) is 5.76 Å². The Morgan fingerprint density at radius 1 is 1.40 bits per heavy atom. The number of rotatable bonds is 4. The largest absolute Gasteiger partial charge is 0.456 e. The van der Waals surface area contributed by atoms with E-state index in [1.54, 1.807) is 31.1 Å². The fourth-order valence-corrected chi connectivity index (χ4v) is 6.50. The number of likely N-dealkylation sites (tertiary alicyclic amines) is 1. The summed E-state index contributed by atoms with van der Waals surface area (Å²) in [6, 6.07) is 3.40. The molecule has 0 saturated carbocycles. The zero-order valence-electron chi connectivity index (χ0n) is 14.3. The number of aryl methyl sites for hydroxylation is 1. The highest BCUT2D eigenvalue weighted by Crippen LogP contribution is 2.46. The molecule has 25 heavy (non-hydrogen) atoms. The summed E-state index contributed by atoms with van der Waals surface area (Å²) in [6.45, 7) is 3.34. The van der Waals surface area contributed by atoms with Gasteiger partial charge in [-0.1, -0.05) is 0 Å². The van der Waals surface area contributed by atoms with Crippen molar-refractivity contribution in [1.82, 2.24) is 9.21 Å². The van der Waals surface area contributed by atoms with Gasteiger partial charge in [-0.15, -0.1) is 0 Å². The van der Waals surface area contributed by atoms with E-state index < -0.39 is 20.9 Å². The highest BCUT2D eigenvalue weighted by Gasteiger charge is 2.65. The Morgan fingerprint density at radius 2 is 2.20 bits per heavy atom. The molecule has 0 N–H and O–H groups in total. The molecule has 4 heterocycles. The smallest absolute Gasteiger partial charge is 0.289 e. The second-order valence-corrected chi connectivity index (χ2v) is 9.11. The molecule has 2 bridgehead atoms. The Morgan fingerprint density at radius 3 is 2.88 bits per heavy atom. The Bertz CT molecular complexity index is 790. The summed E-state index contributed by atoms with van der Waals surface area (Å²) in [5.74, 6) is 0.739. The first-order valence-corrected chi connectivity index (χ1v) is 9.87. The van der Waals surface area contributed by atoms with E-state index in [1.807, 2.05) is 0 Å². The van der Waals surface area contributed by atoms with E-state index in [1.165, 1.54) is 4.31 Å². The molecule has 1 aromatic heterocycles. The minimum absolute atomic E-state index is 0.214. The summed E-state index contributed by atoms with van der Waals surface area (Å²) in [6.07, 6.45) is 0.172. The van der Waals surface area contributed by atoms with Crippen LogP contribution in [0.25, 0.3) is 0 Å². The number of hydrogen-bond acceptors (Lipinski definition) is 6. The van der Waals surface area contributed by atoms with Crippen molar-refractivity contribution >= 4 is 15.9 Å². The van der Waals surface area contributed by atoms with Crippen LogP contribution in [0.2, 0.25) is 0 Å². The highest BCUT2D eigenvalue weighted by atomic mass is 32.2. The number of fused-ring (bicyclic) bond motifs is 1. The minimum Gasteiger partial charge on any atom is -0.456 e. The van der Waals surface area contributed by atoms with Crippen molar-refractivity contribution in [3.63, 3.8) is 0 Å². The normalized spacial score (nSPS) is 33.6. The van der Waals surface area contributed by atoms with Crippen LogP contribution in [0.4, 0.5) is 0 Å². The number of hydrogen-bond donors (Lipinski definition) is 0. The number of sulfonamides is 1. The summed E-state index contributed by atoms with van der Waals surface area (Å²) >= 11 is 0. The van der Waals surface area contributed by atoms with Crippen molar-refractivity contribution in [2.75, 3.05) is 39.9 Å². The summed E-state index contributed by atoms with van der Waals surface area (Å²) in [4.78, 5) is 14.4. The predicted molar refractivity (Wildman–Crippen MR) is 87.7 cm³/mol. The second-order valence-electron chi connectivity index (χ2n) is 7.00. The third-order valence-electron chi connectivity index (χ3n) is 5.29. The summed E-state index contributed by atoms with van der Waals surface area (Å²) in [7, 11) is -1.90. The van der Waals surface area contributed by atoms with Gasteiger partial charge in [0.2, 0.25) is 10.0 Å². The first-order chi connectivity index (χ1) is 11.9. The minimum atomic E-state index is -3.44. The third kappa shape index (κ3) is 2.61. The maximum Gasteiger partial charge on any atom is 0.289 e.